The molecule has 0 aliphatic carbocycles. The van der Waals surface area contributed by atoms with Crippen LogP contribution in [0.15, 0.2) is 30.3 Å². The lowest BCUT2D eigenvalue weighted by atomic mass is 9.93. The maximum atomic E-state index is 5.73. The number of methoxy groups -OCH3 is 2. The Labute approximate surface area is 103 Å². The van der Waals surface area contributed by atoms with E-state index in [0.717, 1.165) is 19.4 Å². The summed E-state index contributed by atoms with van der Waals surface area (Å²) in [4.78, 5) is 0. The first-order valence-corrected chi connectivity index (χ1v) is 6.06. The van der Waals surface area contributed by atoms with Crippen molar-refractivity contribution in [2.24, 2.45) is 5.92 Å². The molecule has 94 valence electrons. The van der Waals surface area contributed by atoms with Crippen LogP contribution in [-0.2, 0) is 20.6 Å². The molecule has 0 spiro atoms. The van der Waals surface area contributed by atoms with Gasteiger partial charge in [-0.05, 0) is 24.3 Å². The van der Waals surface area contributed by atoms with E-state index in [-0.39, 0.29) is 12.4 Å². The highest BCUT2D eigenvalue weighted by molar-refractivity contribution is 5.15. The molecule has 1 aromatic carbocycles. The Kier molecular flexibility index (Phi) is 4.54. The van der Waals surface area contributed by atoms with Crippen LogP contribution in [0.5, 0.6) is 0 Å². The highest BCUT2D eigenvalue weighted by atomic mass is 16.7. The summed E-state index contributed by atoms with van der Waals surface area (Å²) in [5, 5.41) is 0. The van der Waals surface area contributed by atoms with Gasteiger partial charge in [-0.15, -0.1) is 0 Å². The molecule has 1 heterocycles. The van der Waals surface area contributed by atoms with Gasteiger partial charge >= 0.3 is 0 Å². The molecule has 2 unspecified atom stereocenters. The van der Waals surface area contributed by atoms with Gasteiger partial charge in [0, 0.05) is 20.8 Å². The Morgan fingerprint density at radius 3 is 2.59 bits per heavy atom. The Balaban J connectivity index is 2.00. The fourth-order valence-corrected chi connectivity index (χ4v) is 2.46. The summed E-state index contributed by atoms with van der Waals surface area (Å²) in [6.07, 6.45) is 1.88. The van der Waals surface area contributed by atoms with Gasteiger partial charge in [-0.3, -0.25) is 0 Å². The second-order valence-electron chi connectivity index (χ2n) is 4.41. The minimum absolute atomic E-state index is 0.0465. The molecule has 0 N–H and O–H groups in total. The highest BCUT2D eigenvalue weighted by Gasteiger charge is 2.35. The molecular formula is C14H20O3. The van der Waals surface area contributed by atoms with Crippen LogP contribution in [0.25, 0.3) is 0 Å². The summed E-state index contributed by atoms with van der Waals surface area (Å²) < 4.78 is 16.3. The third-order valence-electron chi connectivity index (χ3n) is 3.34. The van der Waals surface area contributed by atoms with E-state index in [1.807, 2.05) is 6.07 Å². The van der Waals surface area contributed by atoms with Gasteiger partial charge < -0.3 is 14.2 Å². The number of rotatable bonds is 5. The third kappa shape index (κ3) is 3.06. The quantitative estimate of drug-likeness (QED) is 0.734. The van der Waals surface area contributed by atoms with Gasteiger partial charge in [0.2, 0.25) is 0 Å². The molecule has 1 aliphatic rings. The van der Waals surface area contributed by atoms with Crippen LogP contribution >= 0.6 is 0 Å². The van der Waals surface area contributed by atoms with E-state index in [4.69, 9.17) is 14.2 Å². The average molecular weight is 236 g/mol. The monoisotopic (exact) mass is 236 g/mol. The van der Waals surface area contributed by atoms with E-state index in [1.165, 1.54) is 5.56 Å². The predicted octanol–water partition coefficient (Wildman–Crippen LogP) is 2.25. The van der Waals surface area contributed by atoms with E-state index in [9.17, 15) is 0 Å². The minimum Gasteiger partial charge on any atom is -0.373 e. The maximum Gasteiger partial charge on any atom is 0.183 e. The van der Waals surface area contributed by atoms with E-state index in [1.54, 1.807) is 14.2 Å². The number of ether oxygens (including phenoxy) is 3. The van der Waals surface area contributed by atoms with E-state index < -0.39 is 0 Å². The molecule has 3 nitrogen and oxygen atoms in total. The van der Waals surface area contributed by atoms with E-state index >= 15 is 0 Å². The van der Waals surface area contributed by atoms with Gasteiger partial charge in [-0.1, -0.05) is 30.3 Å². The van der Waals surface area contributed by atoms with Crippen molar-refractivity contribution in [3.8, 4) is 0 Å². The summed E-state index contributed by atoms with van der Waals surface area (Å²) in [7, 11) is 3.32. The van der Waals surface area contributed by atoms with Gasteiger partial charge in [-0.2, -0.15) is 0 Å². The fraction of sp³-hybridized carbons (Fsp3) is 0.571. The maximum absolute atomic E-state index is 5.73. The average Bonchev–Trinajstić information content (AvgIpc) is 2.81. The Morgan fingerprint density at radius 2 is 1.94 bits per heavy atom. The van der Waals surface area contributed by atoms with Gasteiger partial charge in [0.05, 0.1) is 0 Å². The lowest BCUT2D eigenvalue weighted by Crippen LogP contribution is -2.35. The molecule has 0 amide bonds. The van der Waals surface area contributed by atoms with Crippen LogP contribution in [0.4, 0.5) is 0 Å². The van der Waals surface area contributed by atoms with Crippen molar-refractivity contribution in [1.82, 2.24) is 0 Å². The zero-order valence-electron chi connectivity index (χ0n) is 10.5. The lowest BCUT2D eigenvalue weighted by Gasteiger charge is -2.25. The molecule has 0 radical (unpaired) electrons. The molecule has 2 atom stereocenters. The largest absolute Gasteiger partial charge is 0.373 e. The molecule has 0 bridgehead atoms. The van der Waals surface area contributed by atoms with Gasteiger partial charge in [0.15, 0.2) is 6.29 Å². The lowest BCUT2D eigenvalue weighted by molar-refractivity contribution is -0.176. The third-order valence-corrected chi connectivity index (χ3v) is 3.34. The standard InChI is InChI=1S/C14H20O3/c1-15-14(16-2)13-12(8-9-17-13)10-11-6-4-3-5-7-11/h3-7,12-14H,8-10H2,1-2H3. The van der Waals surface area contributed by atoms with Crippen molar-refractivity contribution < 1.29 is 14.2 Å². The first kappa shape index (κ1) is 12.6. The molecule has 2 rings (SSSR count). The Hall–Kier alpha value is -0.900. The van der Waals surface area contributed by atoms with E-state index in [0.29, 0.717) is 5.92 Å². The molecule has 3 heteroatoms. The minimum atomic E-state index is -0.258. The zero-order chi connectivity index (χ0) is 12.1. The Morgan fingerprint density at radius 1 is 1.24 bits per heavy atom. The van der Waals surface area contributed by atoms with Gasteiger partial charge in [0.25, 0.3) is 0 Å². The van der Waals surface area contributed by atoms with Gasteiger partial charge in [0.1, 0.15) is 6.10 Å². The summed E-state index contributed by atoms with van der Waals surface area (Å²) in [6, 6.07) is 10.5. The molecule has 17 heavy (non-hydrogen) atoms. The summed E-state index contributed by atoms with van der Waals surface area (Å²) >= 11 is 0. The van der Waals surface area contributed by atoms with Crippen LogP contribution in [-0.4, -0.2) is 33.2 Å². The molecular weight excluding hydrogens is 216 g/mol. The zero-order valence-corrected chi connectivity index (χ0v) is 10.5. The number of hydrogen-bond donors (Lipinski definition) is 0. The van der Waals surface area contributed by atoms with Crippen molar-refractivity contribution in [3.63, 3.8) is 0 Å². The molecule has 1 aliphatic heterocycles. The second kappa shape index (κ2) is 6.15. The fourth-order valence-electron chi connectivity index (χ4n) is 2.46. The predicted molar refractivity (Wildman–Crippen MR) is 65.8 cm³/mol. The van der Waals surface area contributed by atoms with Crippen LogP contribution in [0.2, 0.25) is 0 Å². The van der Waals surface area contributed by atoms with Crippen molar-refractivity contribution in [3.05, 3.63) is 35.9 Å². The molecule has 0 aromatic heterocycles. The molecule has 1 aromatic rings. The number of hydrogen-bond acceptors (Lipinski definition) is 3. The molecule has 1 saturated heterocycles. The molecule has 0 saturated carbocycles. The van der Waals surface area contributed by atoms with Crippen molar-refractivity contribution >= 4 is 0 Å². The smallest absolute Gasteiger partial charge is 0.183 e. The normalized spacial score (nSPS) is 24.4. The second-order valence-corrected chi connectivity index (χ2v) is 4.41. The first-order chi connectivity index (χ1) is 8.35. The SMILES string of the molecule is COC(OC)C1OCCC1Cc1ccccc1. The summed E-state index contributed by atoms with van der Waals surface area (Å²) in [5.74, 6) is 0.474. The number of benzene rings is 1. The van der Waals surface area contributed by atoms with Crippen molar-refractivity contribution in [2.45, 2.75) is 25.2 Å². The summed E-state index contributed by atoms with van der Waals surface area (Å²) in [5.41, 5.74) is 1.35. The van der Waals surface area contributed by atoms with E-state index in [2.05, 4.69) is 24.3 Å². The van der Waals surface area contributed by atoms with Crippen LogP contribution in [0, 0.1) is 5.92 Å². The van der Waals surface area contributed by atoms with Gasteiger partial charge in [-0.25, -0.2) is 0 Å². The van der Waals surface area contributed by atoms with Crippen LogP contribution < -0.4 is 0 Å². The highest BCUT2D eigenvalue weighted by Crippen LogP contribution is 2.28. The first-order valence-electron chi connectivity index (χ1n) is 6.06. The molecule has 1 fully saturated rings. The summed E-state index contributed by atoms with van der Waals surface area (Å²) in [6.45, 7) is 0.797. The Bertz CT molecular complexity index is 321. The topological polar surface area (TPSA) is 27.7 Å². The van der Waals surface area contributed by atoms with Crippen molar-refractivity contribution in [2.75, 3.05) is 20.8 Å². The van der Waals surface area contributed by atoms with Crippen LogP contribution in [0.3, 0.4) is 0 Å². The van der Waals surface area contributed by atoms with Crippen LogP contribution in [0.1, 0.15) is 12.0 Å². The van der Waals surface area contributed by atoms with Crippen molar-refractivity contribution in [1.29, 1.82) is 0 Å².